The molecule has 0 saturated heterocycles. The third-order valence-electron chi connectivity index (χ3n) is 3.74. The first-order valence-electron chi connectivity index (χ1n) is 7.08. The number of hydrogen-bond donors (Lipinski definition) is 1. The quantitative estimate of drug-likeness (QED) is 0.866. The number of aryl methyl sites for hydroxylation is 1. The Morgan fingerprint density at radius 1 is 1.05 bits per heavy atom. The summed E-state index contributed by atoms with van der Waals surface area (Å²) in [5, 5.41) is 3.31. The van der Waals surface area contributed by atoms with Crippen molar-refractivity contribution in [2.45, 2.75) is 19.3 Å². The van der Waals surface area contributed by atoms with E-state index in [4.69, 9.17) is 4.74 Å². The molecule has 2 nitrogen and oxygen atoms in total. The predicted octanol–water partition coefficient (Wildman–Crippen LogP) is 3.55. The predicted molar refractivity (Wildman–Crippen MR) is 84.5 cm³/mol. The van der Waals surface area contributed by atoms with E-state index in [1.807, 2.05) is 19.2 Å². The van der Waals surface area contributed by atoms with Crippen LogP contribution in [0.1, 0.15) is 22.6 Å². The molecule has 0 aliphatic carbocycles. The number of para-hydroxylation sites is 1. The third kappa shape index (κ3) is 3.40. The van der Waals surface area contributed by atoms with Gasteiger partial charge < -0.3 is 10.1 Å². The highest BCUT2D eigenvalue weighted by Crippen LogP contribution is 2.27. The van der Waals surface area contributed by atoms with E-state index in [1.54, 1.807) is 7.11 Å². The van der Waals surface area contributed by atoms with Crippen LogP contribution in [0.5, 0.6) is 5.75 Å². The first kappa shape index (κ1) is 14.6. The molecule has 0 radical (unpaired) electrons. The zero-order valence-corrected chi connectivity index (χ0v) is 12.5. The summed E-state index contributed by atoms with van der Waals surface area (Å²) in [6, 6.07) is 16.9. The molecule has 0 amide bonds. The second-order valence-electron chi connectivity index (χ2n) is 5.13. The molecule has 20 heavy (non-hydrogen) atoms. The second-order valence-corrected chi connectivity index (χ2v) is 5.13. The Balaban J connectivity index is 2.28. The van der Waals surface area contributed by atoms with Crippen LogP contribution in [0.25, 0.3) is 0 Å². The molecule has 1 N–H and O–H groups in total. The highest BCUT2D eigenvalue weighted by molar-refractivity contribution is 5.37. The lowest BCUT2D eigenvalue weighted by Crippen LogP contribution is -2.20. The van der Waals surface area contributed by atoms with Crippen LogP contribution in [0.2, 0.25) is 0 Å². The topological polar surface area (TPSA) is 21.3 Å². The fraction of sp³-hybridized carbons (Fsp3) is 0.333. The maximum absolute atomic E-state index is 5.47. The molecule has 106 valence electrons. The highest BCUT2D eigenvalue weighted by atomic mass is 16.5. The second kappa shape index (κ2) is 7.11. The number of methoxy groups -OCH3 is 1. The Morgan fingerprint density at radius 3 is 2.45 bits per heavy atom. The highest BCUT2D eigenvalue weighted by Gasteiger charge is 2.15. The monoisotopic (exact) mass is 269 g/mol. The maximum Gasteiger partial charge on any atom is 0.122 e. The number of ether oxygens (including phenoxy) is 1. The summed E-state index contributed by atoms with van der Waals surface area (Å²) in [6.45, 7) is 3.14. The normalized spacial score (nSPS) is 12.2. The summed E-state index contributed by atoms with van der Waals surface area (Å²) in [6.07, 6.45) is 0.982. The van der Waals surface area contributed by atoms with Crippen molar-refractivity contribution in [3.05, 3.63) is 65.2 Å². The van der Waals surface area contributed by atoms with Gasteiger partial charge in [-0.15, -0.1) is 0 Å². The van der Waals surface area contributed by atoms with Gasteiger partial charge in [-0.3, -0.25) is 0 Å². The molecular weight excluding hydrogens is 246 g/mol. The summed E-state index contributed by atoms with van der Waals surface area (Å²) in [5.41, 5.74) is 4.02. The van der Waals surface area contributed by atoms with Crippen molar-refractivity contribution in [1.82, 2.24) is 5.32 Å². The minimum absolute atomic E-state index is 0.456. The maximum atomic E-state index is 5.47. The number of likely N-dealkylation sites (N-methyl/N-ethyl adjacent to an activating group) is 1. The molecule has 0 aromatic heterocycles. The lowest BCUT2D eigenvalue weighted by Gasteiger charge is -2.20. The van der Waals surface area contributed by atoms with Gasteiger partial charge in [0.15, 0.2) is 0 Å². The van der Waals surface area contributed by atoms with E-state index in [0.29, 0.717) is 5.92 Å². The lowest BCUT2D eigenvalue weighted by atomic mass is 9.89. The van der Waals surface area contributed by atoms with Gasteiger partial charge in [0.2, 0.25) is 0 Å². The van der Waals surface area contributed by atoms with Crippen LogP contribution in [-0.4, -0.2) is 20.7 Å². The van der Waals surface area contributed by atoms with Gasteiger partial charge in [0.1, 0.15) is 5.75 Å². The largest absolute Gasteiger partial charge is 0.496 e. The average Bonchev–Trinajstić information content (AvgIpc) is 2.48. The molecule has 0 saturated carbocycles. The summed E-state index contributed by atoms with van der Waals surface area (Å²) in [4.78, 5) is 0. The van der Waals surface area contributed by atoms with Gasteiger partial charge in [0.25, 0.3) is 0 Å². The standard InChI is InChI=1S/C18H23NO/c1-14-8-4-6-10-17(14)16(13-19-2)12-15-9-5-7-11-18(15)20-3/h4-11,16,19H,12-13H2,1-3H3. The van der Waals surface area contributed by atoms with Gasteiger partial charge in [0, 0.05) is 12.5 Å². The van der Waals surface area contributed by atoms with E-state index >= 15 is 0 Å². The molecule has 0 aliphatic heterocycles. The van der Waals surface area contributed by atoms with Crippen molar-refractivity contribution in [2.24, 2.45) is 0 Å². The van der Waals surface area contributed by atoms with E-state index in [2.05, 4.69) is 48.6 Å². The van der Waals surface area contributed by atoms with Gasteiger partial charge in [-0.2, -0.15) is 0 Å². The third-order valence-corrected chi connectivity index (χ3v) is 3.74. The van der Waals surface area contributed by atoms with Crippen molar-refractivity contribution < 1.29 is 4.74 Å². The van der Waals surface area contributed by atoms with Crippen LogP contribution in [0.3, 0.4) is 0 Å². The van der Waals surface area contributed by atoms with Crippen molar-refractivity contribution in [3.8, 4) is 5.75 Å². The van der Waals surface area contributed by atoms with Crippen LogP contribution >= 0.6 is 0 Å². The van der Waals surface area contributed by atoms with Gasteiger partial charge in [-0.25, -0.2) is 0 Å². The van der Waals surface area contributed by atoms with Gasteiger partial charge in [-0.1, -0.05) is 42.5 Å². The van der Waals surface area contributed by atoms with Crippen LogP contribution in [-0.2, 0) is 6.42 Å². The Hall–Kier alpha value is -1.80. The Morgan fingerprint density at radius 2 is 1.75 bits per heavy atom. The molecule has 2 aromatic carbocycles. The zero-order chi connectivity index (χ0) is 14.4. The Kier molecular flexibility index (Phi) is 5.19. The first-order valence-corrected chi connectivity index (χ1v) is 7.08. The fourth-order valence-electron chi connectivity index (χ4n) is 2.72. The summed E-state index contributed by atoms with van der Waals surface area (Å²) < 4.78 is 5.47. The van der Waals surface area contributed by atoms with E-state index in [1.165, 1.54) is 16.7 Å². The Bertz CT molecular complexity index is 551. The first-order chi connectivity index (χ1) is 9.76. The smallest absolute Gasteiger partial charge is 0.122 e. The molecule has 2 aromatic rings. The molecule has 1 atom stereocenters. The van der Waals surface area contributed by atoms with Crippen molar-refractivity contribution >= 4 is 0 Å². The molecule has 2 rings (SSSR count). The number of rotatable bonds is 6. The lowest BCUT2D eigenvalue weighted by molar-refractivity contribution is 0.407. The van der Waals surface area contributed by atoms with Gasteiger partial charge in [-0.05, 0) is 43.1 Å². The minimum Gasteiger partial charge on any atom is -0.496 e. The van der Waals surface area contributed by atoms with Crippen LogP contribution < -0.4 is 10.1 Å². The summed E-state index contributed by atoms with van der Waals surface area (Å²) in [7, 11) is 3.74. The SMILES string of the molecule is CNCC(Cc1ccccc1OC)c1ccccc1C. The van der Waals surface area contributed by atoms with Crippen molar-refractivity contribution in [2.75, 3.05) is 20.7 Å². The van der Waals surface area contributed by atoms with Gasteiger partial charge >= 0.3 is 0 Å². The summed E-state index contributed by atoms with van der Waals surface area (Å²) in [5.74, 6) is 1.43. The molecule has 0 bridgehead atoms. The molecule has 0 fully saturated rings. The summed E-state index contributed by atoms with van der Waals surface area (Å²) >= 11 is 0. The van der Waals surface area contributed by atoms with E-state index < -0.39 is 0 Å². The fourth-order valence-corrected chi connectivity index (χ4v) is 2.72. The molecule has 2 heteroatoms. The molecule has 1 unspecified atom stereocenters. The van der Waals surface area contributed by atoms with E-state index in [-0.39, 0.29) is 0 Å². The van der Waals surface area contributed by atoms with Crippen LogP contribution in [0.4, 0.5) is 0 Å². The van der Waals surface area contributed by atoms with Crippen LogP contribution in [0.15, 0.2) is 48.5 Å². The molecule has 0 spiro atoms. The molecular formula is C18H23NO. The van der Waals surface area contributed by atoms with E-state index in [0.717, 1.165) is 18.7 Å². The minimum atomic E-state index is 0.456. The van der Waals surface area contributed by atoms with Crippen molar-refractivity contribution in [3.63, 3.8) is 0 Å². The van der Waals surface area contributed by atoms with E-state index in [9.17, 15) is 0 Å². The van der Waals surface area contributed by atoms with Crippen LogP contribution in [0, 0.1) is 6.92 Å². The number of nitrogens with one attached hydrogen (secondary N) is 1. The molecule has 0 heterocycles. The average molecular weight is 269 g/mol. The number of benzene rings is 2. The molecule has 0 aliphatic rings. The van der Waals surface area contributed by atoms with Crippen molar-refractivity contribution in [1.29, 1.82) is 0 Å². The Labute approximate surface area is 121 Å². The zero-order valence-electron chi connectivity index (χ0n) is 12.5. The van der Waals surface area contributed by atoms with Gasteiger partial charge in [0.05, 0.1) is 7.11 Å². The number of hydrogen-bond acceptors (Lipinski definition) is 2.